The smallest absolute Gasteiger partial charge is 0.259 e. The highest BCUT2D eigenvalue weighted by Crippen LogP contribution is 2.36. The van der Waals surface area contributed by atoms with Crippen molar-refractivity contribution < 1.29 is 19.0 Å². The van der Waals surface area contributed by atoms with E-state index in [0.29, 0.717) is 33.5 Å². The summed E-state index contributed by atoms with van der Waals surface area (Å²) in [5, 5.41) is 3.20. The van der Waals surface area contributed by atoms with Crippen molar-refractivity contribution in [1.82, 2.24) is 0 Å². The van der Waals surface area contributed by atoms with Crippen molar-refractivity contribution in [3.05, 3.63) is 40.9 Å². The van der Waals surface area contributed by atoms with Gasteiger partial charge < -0.3 is 19.5 Å². The van der Waals surface area contributed by atoms with Crippen molar-refractivity contribution >= 4 is 35.0 Å². The zero-order chi connectivity index (χ0) is 17.7. The van der Waals surface area contributed by atoms with E-state index in [1.54, 1.807) is 30.0 Å². The second kappa shape index (κ2) is 8.17. The molecule has 0 heterocycles. The molecule has 0 radical (unpaired) electrons. The second-order valence-corrected chi connectivity index (χ2v) is 5.99. The zero-order valence-electron chi connectivity index (χ0n) is 13.8. The Morgan fingerprint density at radius 1 is 1.00 bits per heavy atom. The summed E-state index contributed by atoms with van der Waals surface area (Å²) in [6.07, 6.45) is 1.96. The van der Waals surface area contributed by atoms with Gasteiger partial charge in [0, 0.05) is 17.0 Å². The number of halogens is 1. The maximum atomic E-state index is 12.6. The number of carbonyl (C=O) groups excluding carboxylic acids is 1. The van der Waals surface area contributed by atoms with Crippen LogP contribution in [0.25, 0.3) is 0 Å². The Hall–Kier alpha value is -2.05. The highest BCUT2D eigenvalue weighted by Gasteiger charge is 2.17. The first-order chi connectivity index (χ1) is 11.5. The number of nitrogens with one attached hydrogen (secondary N) is 1. The molecule has 5 nitrogen and oxygen atoms in total. The molecule has 2 aromatic carbocycles. The molecule has 2 rings (SSSR count). The van der Waals surface area contributed by atoms with E-state index in [9.17, 15) is 4.79 Å². The second-order valence-electron chi connectivity index (χ2n) is 4.71. The van der Waals surface area contributed by atoms with E-state index < -0.39 is 0 Å². The third-order valence-corrected chi connectivity index (χ3v) is 4.40. The monoisotopic (exact) mass is 367 g/mol. The summed E-state index contributed by atoms with van der Waals surface area (Å²) in [7, 11) is 4.53. The maximum Gasteiger partial charge on any atom is 0.259 e. The molecule has 0 saturated carbocycles. The van der Waals surface area contributed by atoms with Crippen LogP contribution in [0.15, 0.2) is 35.2 Å². The number of anilines is 1. The fourth-order valence-electron chi connectivity index (χ4n) is 2.13. The van der Waals surface area contributed by atoms with E-state index in [1.165, 1.54) is 21.3 Å². The quantitative estimate of drug-likeness (QED) is 0.769. The molecular formula is C17H18ClNO4S. The van der Waals surface area contributed by atoms with Gasteiger partial charge in [-0.3, -0.25) is 4.79 Å². The number of ether oxygens (including phenoxy) is 3. The molecule has 0 aliphatic carbocycles. The number of thioether (sulfide) groups is 1. The summed E-state index contributed by atoms with van der Waals surface area (Å²) in [6.45, 7) is 0. The largest absolute Gasteiger partial charge is 0.496 e. The van der Waals surface area contributed by atoms with E-state index in [4.69, 9.17) is 25.8 Å². The predicted molar refractivity (Wildman–Crippen MR) is 97.3 cm³/mol. The van der Waals surface area contributed by atoms with Gasteiger partial charge in [-0.15, -0.1) is 11.8 Å². The minimum Gasteiger partial charge on any atom is -0.496 e. The highest BCUT2D eigenvalue weighted by molar-refractivity contribution is 7.98. The van der Waals surface area contributed by atoms with Crippen molar-refractivity contribution in [3.63, 3.8) is 0 Å². The Morgan fingerprint density at radius 2 is 1.67 bits per heavy atom. The van der Waals surface area contributed by atoms with Crippen LogP contribution < -0.4 is 19.5 Å². The third-order valence-electron chi connectivity index (χ3n) is 3.38. The van der Waals surface area contributed by atoms with Crippen LogP contribution >= 0.6 is 23.4 Å². The molecule has 7 heteroatoms. The van der Waals surface area contributed by atoms with E-state index in [1.807, 2.05) is 18.4 Å². The van der Waals surface area contributed by atoms with Crippen LogP contribution in [-0.4, -0.2) is 33.5 Å². The van der Waals surface area contributed by atoms with Gasteiger partial charge in [-0.05, 0) is 24.5 Å². The molecule has 0 bridgehead atoms. The number of carbonyl (C=O) groups is 1. The SMILES string of the molecule is COc1cc(NC(=O)c2ccc(SC)cc2OC)c(OC)cc1Cl. The number of rotatable bonds is 6. The first kappa shape index (κ1) is 18.3. The molecule has 0 unspecified atom stereocenters. The van der Waals surface area contributed by atoms with Crippen LogP contribution in [-0.2, 0) is 0 Å². The van der Waals surface area contributed by atoms with E-state index >= 15 is 0 Å². The third kappa shape index (κ3) is 3.88. The summed E-state index contributed by atoms with van der Waals surface area (Å²) < 4.78 is 15.8. The molecular weight excluding hydrogens is 350 g/mol. The molecule has 1 amide bonds. The molecule has 0 aliphatic rings. The lowest BCUT2D eigenvalue weighted by Gasteiger charge is -2.14. The van der Waals surface area contributed by atoms with Gasteiger partial charge in [-0.25, -0.2) is 0 Å². The lowest BCUT2D eigenvalue weighted by Crippen LogP contribution is -2.14. The van der Waals surface area contributed by atoms with Gasteiger partial charge in [0.15, 0.2) is 0 Å². The average molecular weight is 368 g/mol. The normalized spacial score (nSPS) is 10.2. The van der Waals surface area contributed by atoms with Crippen LogP contribution in [0.2, 0.25) is 5.02 Å². The van der Waals surface area contributed by atoms with Gasteiger partial charge in [-0.2, -0.15) is 0 Å². The Kier molecular flexibility index (Phi) is 6.23. The number of hydrogen-bond acceptors (Lipinski definition) is 5. The lowest BCUT2D eigenvalue weighted by atomic mass is 10.1. The average Bonchev–Trinajstić information content (AvgIpc) is 2.61. The minimum atomic E-state index is -0.317. The summed E-state index contributed by atoms with van der Waals surface area (Å²) >= 11 is 7.65. The number of amides is 1. The van der Waals surface area contributed by atoms with Crippen LogP contribution in [0.3, 0.4) is 0 Å². The highest BCUT2D eigenvalue weighted by atomic mass is 35.5. The van der Waals surface area contributed by atoms with Gasteiger partial charge in [0.05, 0.1) is 37.6 Å². The molecule has 0 fully saturated rings. The molecule has 24 heavy (non-hydrogen) atoms. The maximum absolute atomic E-state index is 12.6. The van der Waals surface area contributed by atoms with Crippen molar-refractivity contribution in [2.75, 3.05) is 32.9 Å². The van der Waals surface area contributed by atoms with Gasteiger partial charge in [0.25, 0.3) is 5.91 Å². The lowest BCUT2D eigenvalue weighted by molar-refractivity contribution is 0.102. The minimum absolute atomic E-state index is 0.317. The summed E-state index contributed by atoms with van der Waals surface area (Å²) in [6, 6.07) is 8.60. The number of methoxy groups -OCH3 is 3. The number of hydrogen-bond donors (Lipinski definition) is 1. The molecule has 0 spiro atoms. The Morgan fingerprint density at radius 3 is 2.25 bits per heavy atom. The first-order valence-corrected chi connectivity index (χ1v) is 8.59. The van der Waals surface area contributed by atoms with Crippen molar-refractivity contribution in [2.24, 2.45) is 0 Å². The molecule has 0 aliphatic heterocycles. The summed E-state index contributed by atoms with van der Waals surface area (Å²) in [4.78, 5) is 13.6. The van der Waals surface area contributed by atoms with E-state index in [-0.39, 0.29) is 5.91 Å². The molecule has 0 aromatic heterocycles. The van der Waals surface area contributed by atoms with E-state index in [0.717, 1.165) is 4.90 Å². The van der Waals surface area contributed by atoms with Crippen molar-refractivity contribution in [1.29, 1.82) is 0 Å². The van der Waals surface area contributed by atoms with Crippen LogP contribution in [0, 0.1) is 0 Å². The first-order valence-electron chi connectivity index (χ1n) is 6.99. The zero-order valence-corrected chi connectivity index (χ0v) is 15.4. The predicted octanol–water partition coefficient (Wildman–Crippen LogP) is 4.34. The topological polar surface area (TPSA) is 56.8 Å². The fourth-order valence-corrected chi connectivity index (χ4v) is 2.79. The van der Waals surface area contributed by atoms with Crippen molar-refractivity contribution in [3.8, 4) is 17.2 Å². The Bertz CT molecular complexity index is 752. The Labute approximate surface area is 150 Å². The summed E-state index contributed by atoms with van der Waals surface area (Å²) in [5.74, 6) is 1.06. The molecule has 2 aromatic rings. The van der Waals surface area contributed by atoms with Gasteiger partial charge in [0.2, 0.25) is 0 Å². The molecule has 0 atom stereocenters. The number of benzene rings is 2. The van der Waals surface area contributed by atoms with Crippen LogP contribution in [0.5, 0.6) is 17.2 Å². The molecule has 1 N–H and O–H groups in total. The Balaban J connectivity index is 2.36. The van der Waals surface area contributed by atoms with Crippen LogP contribution in [0.4, 0.5) is 5.69 Å². The summed E-state index contributed by atoms with van der Waals surface area (Å²) in [5.41, 5.74) is 0.881. The van der Waals surface area contributed by atoms with Crippen LogP contribution in [0.1, 0.15) is 10.4 Å². The molecule has 0 saturated heterocycles. The standard InChI is InChI=1S/C17H18ClNO4S/c1-21-14-7-10(24-4)5-6-11(14)17(20)19-13-9-15(22-2)12(18)8-16(13)23-3/h5-9H,1-4H3,(H,19,20). The van der Waals surface area contributed by atoms with Gasteiger partial charge in [-0.1, -0.05) is 11.6 Å². The van der Waals surface area contributed by atoms with Crippen molar-refractivity contribution in [2.45, 2.75) is 4.90 Å². The fraction of sp³-hybridized carbons (Fsp3) is 0.235. The van der Waals surface area contributed by atoms with Gasteiger partial charge in [0.1, 0.15) is 17.2 Å². The van der Waals surface area contributed by atoms with Gasteiger partial charge >= 0.3 is 0 Å². The van der Waals surface area contributed by atoms with E-state index in [2.05, 4.69) is 5.32 Å². The molecule has 128 valence electrons.